The summed E-state index contributed by atoms with van der Waals surface area (Å²) in [6, 6.07) is -1.17. The number of nitrogens with two attached hydrogens (primary N) is 1. The summed E-state index contributed by atoms with van der Waals surface area (Å²) in [6.45, 7) is 0.447. The quantitative estimate of drug-likeness (QED) is 0.571. The Hall–Kier alpha value is -1.99. The van der Waals surface area contributed by atoms with Crippen molar-refractivity contribution in [1.29, 1.82) is 0 Å². The van der Waals surface area contributed by atoms with Crippen LogP contribution in [-0.2, 0) is 4.79 Å². The van der Waals surface area contributed by atoms with Gasteiger partial charge in [0.1, 0.15) is 0 Å². The number of rotatable bonds is 5. The van der Waals surface area contributed by atoms with E-state index in [1.54, 1.807) is 0 Å². The number of nitrogens with one attached hydrogen (secondary N) is 2. The van der Waals surface area contributed by atoms with Crippen molar-refractivity contribution in [2.24, 2.45) is 17.6 Å². The van der Waals surface area contributed by atoms with Crippen LogP contribution in [0.25, 0.3) is 0 Å². The third-order valence-electron chi connectivity index (χ3n) is 6.84. The molecule has 3 fully saturated rings. The summed E-state index contributed by atoms with van der Waals surface area (Å²) >= 11 is 0. The van der Waals surface area contributed by atoms with Gasteiger partial charge in [-0.15, -0.1) is 0 Å². The average Bonchev–Trinajstić information content (AvgIpc) is 2.66. The molecule has 0 aromatic rings. The van der Waals surface area contributed by atoms with E-state index in [0.29, 0.717) is 12.5 Å². The molecule has 1 aliphatic heterocycles. The fourth-order valence-corrected chi connectivity index (χ4v) is 5.58. The molecule has 28 heavy (non-hydrogen) atoms. The van der Waals surface area contributed by atoms with E-state index in [2.05, 4.69) is 10.6 Å². The van der Waals surface area contributed by atoms with E-state index in [1.807, 2.05) is 0 Å². The highest BCUT2D eigenvalue weighted by Gasteiger charge is 2.45. The van der Waals surface area contributed by atoms with Gasteiger partial charge in [0.05, 0.1) is 12.1 Å². The van der Waals surface area contributed by atoms with Crippen LogP contribution in [0.3, 0.4) is 0 Å². The Morgan fingerprint density at radius 2 is 1.68 bits per heavy atom. The second kappa shape index (κ2) is 9.47. The third-order valence-corrected chi connectivity index (χ3v) is 6.84. The van der Waals surface area contributed by atoms with Crippen molar-refractivity contribution in [3.63, 3.8) is 0 Å². The Morgan fingerprint density at radius 3 is 2.36 bits per heavy atom. The summed E-state index contributed by atoms with van der Waals surface area (Å²) in [5, 5.41) is 15.7. The molecule has 0 spiro atoms. The lowest BCUT2D eigenvalue weighted by atomic mass is 9.68. The first-order valence-electron chi connectivity index (χ1n) is 10.8. The predicted octanol–water partition coefficient (Wildman–Crippen LogP) is 2.42. The number of nitrogens with zero attached hydrogens (tertiary/aromatic N) is 1. The van der Waals surface area contributed by atoms with E-state index >= 15 is 0 Å². The van der Waals surface area contributed by atoms with Crippen LogP contribution in [0, 0.1) is 11.8 Å². The maximum atomic E-state index is 12.6. The standard InChI is InChI=1S/C20H34N4O4/c21-17(25)12-16(23-19(26)22-14-7-2-1-3-8-14)18-15-9-5-4-6-13(15)10-11-24(18)20(27)28/h13-16,18H,1-12H2,(H2,21,25)(H,27,28)(H2,22,23,26). The minimum atomic E-state index is -0.988. The van der Waals surface area contributed by atoms with Crippen molar-refractivity contribution in [2.75, 3.05) is 6.54 Å². The molecule has 3 aliphatic rings. The molecule has 4 amide bonds. The summed E-state index contributed by atoms with van der Waals surface area (Å²) in [4.78, 5) is 37.7. The topological polar surface area (TPSA) is 125 Å². The van der Waals surface area contributed by atoms with Gasteiger partial charge in [0.15, 0.2) is 0 Å². The van der Waals surface area contributed by atoms with Gasteiger partial charge in [-0.1, -0.05) is 38.5 Å². The number of primary amides is 1. The van der Waals surface area contributed by atoms with Crippen LogP contribution in [0.2, 0.25) is 0 Å². The van der Waals surface area contributed by atoms with Gasteiger partial charge in [0.25, 0.3) is 0 Å². The highest BCUT2D eigenvalue weighted by Crippen LogP contribution is 2.41. The molecular weight excluding hydrogens is 360 g/mol. The maximum Gasteiger partial charge on any atom is 0.407 e. The van der Waals surface area contributed by atoms with E-state index < -0.39 is 24.1 Å². The van der Waals surface area contributed by atoms with Gasteiger partial charge in [0, 0.05) is 19.0 Å². The number of carbonyl (C=O) groups is 3. The molecule has 2 aliphatic carbocycles. The van der Waals surface area contributed by atoms with Gasteiger partial charge >= 0.3 is 12.1 Å². The number of amides is 4. The number of likely N-dealkylation sites (tertiary alicyclic amines) is 1. The van der Waals surface area contributed by atoms with Crippen molar-refractivity contribution >= 4 is 18.0 Å². The molecule has 2 saturated carbocycles. The Morgan fingerprint density at radius 1 is 1.00 bits per heavy atom. The van der Waals surface area contributed by atoms with E-state index in [1.165, 1.54) is 11.3 Å². The van der Waals surface area contributed by atoms with Gasteiger partial charge in [-0.05, 0) is 37.5 Å². The molecule has 4 atom stereocenters. The molecule has 0 aromatic carbocycles. The third kappa shape index (κ3) is 5.08. The van der Waals surface area contributed by atoms with E-state index in [9.17, 15) is 19.5 Å². The normalized spacial score (nSPS) is 29.4. The zero-order valence-electron chi connectivity index (χ0n) is 16.6. The van der Waals surface area contributed by atoms with E-state index in [4.69, 9.17) is 5.73 Å². The Labute approximate surface area is 166 Å². The molecule has 1 heterocycles. The smallest absolute Gasteiger partial charge is 0.407 e. The number of hydrogen-bond acceptors (Lipinski definition) is 3. The molecule has 0 radical (unpaired) electrons. The van der Waals surface area contributed by atoms with Crippen molar-refractivity contribution in [1.82, 2.24) is 15.5 Å². The van der Waals surface area contributed by atoms with Crippen LogP contribution in [0.4, 0.5) is 9.59 Å². The highest BCUT2D eigenvalue weighted by atomic mass is 16.4. The lowest BCUT2D eigenvalue weighted by molar-refractivity contribution is -0.119. The first kappa shape index (κ1) is 20.7. The number of piperidine rings is 1. The number of carboxylic acid groups (broad SMARTS) is 1. The minimum Gasteiger partial charge on any atom is -0.465 e. The summed E-state index contributed by atoms with van der Waals surface area (Å²) in [7, 11) is 0. The number of carbonyl (C=O) groups excluding carboxylic acids is 2. The zero-order chi connectivity index (χ0) is 20.1. The van der Waals surface area contributed by atoms with Crippen LogP contribution >= 0.6 is 0 Å². The Kier molecular flexibility index (Phi) is 7.02. The van der Waals surface area contributed by atoms with Gasteiger partial charge in [0.2, 0.25) is 5.91 Å². The zero-order valence-corrected chi connectivity index (χ0v) is 16.6. The fourth-order valence-electron chi connectivity index (χ4n) is 5.58. The summed E-state index contributed by atoms with van der Waals surface area (Å²) in [5.41, 5.74) is 5.47. The number of hydrogen-bond donors (Lipinski definition) is 4. The van der Waals surface area contributed by atoms with Crippen LogP contribution in [0.15, 0.2) is 0 Å². The molecule has 158 valence electrons. The summed E-state index contributed by atoms with van der Waals surface area (Å²) in [6.07, 6.45) is 9.39. The average molecular weight is 395 g/mol. The Balaban J connectivity index is 1.75. The van der Waals surface area contributed by atoms with E-state index in [-0.39, 0.29) is 24.4 Å². The fraction of sp³-hybridized carbons (Fsp3) is 0.850. The van der Waals surface area contributed by atoms with Gasteiger partial charge < -0.3 is 26.4 Å². The molecule has 5 N–H and O–H groups in total. The largest absolute Gasteiger partial charge is 0.465 e. The predicted molar refractivity (Wildman–Crippen MR) is 105 cm³/mol. The summed E-state index contributed by atoms with van der Waals surface area (Å²) < 4.78 is 0. The SMILES string of the molecule is NC(=O)CC(NC(=O)NC1CCCCC1)C1C2CCCCC2CCN1C(=O)O. The molecule has 3 rings (SSSR count). The van der Waals surface area contributed by atoms with Gasteiger partial charge in [-0.3, -0.25) is 4.79 Å². The van der Waals surface area contributed by atoms with Crippen LogP contribution in [0.5, 0.6) is 0 Å². The molecule has 4 unspecified atom stereocenters. The number of fused-ring (bicyclic) bond motifs is 1. The summed E-state index contributed by atoms with van der Waals surface area (Å²) in [5.74, 6) is 0.0945. The molecular formula is C20H34N4O4. The highest BCUT2D eigenvalue weighted by molar-refractivity contribution is 5.78. The van der Waals surface area contributed by atoms with Crippen LogP contribution in [0.1, 0.15) is 70.6 Å². The molecule has 0 bridgehead atoms. The maximum absolute atomic E-state index is 12.6. The van der Waals surface area contributed by atoms with Crippen molar-refractivity contribution in [2.45, 2.75) is 88.8 Å². The minimum absolute atomic E-state index is 0.0459. The molecule has 8 heteroatoms. The first-order valence-corrected chi connectivity index (χ1v) is 10.8. The lowest BCUT2D eigenvalue weighted by Crippen LogP contribution is -2.63. The number of urea groups is 1. The van der Waals surface area contributed by atoms with Gasteiger partial charge in [-0.25, -0.2) is 9.59 Å². The first-order chi connectivity index (χ1) is 13.5. The van der Waals surface area contributed by atoms with Crippen LogP contribution in [-0.4, -0.2) is 52.7 Å². The van der Waals surface area contributed by atoms with Crippen molar-refractivity contribution in [3.05, 3.63) is 0 Å². The van der Waals surface area contributed by atoms with Crippen molar-refractivity contribution < 1.29 is 19.5 Å². The van der Waals surface area contributed by atoms with Crippen molar-refractivity contribution in [3.8, 4) is 0 Å². The monoisotopic (exact) mass is 394 g/mol. The lowest BCUT2D eigenvalue weighted by Gasteiger charge is -2.49. The van der Waals surface area contributed by atoms with Crippen LogP contribution < -0.4 is 16.4 Å². The second-order valence-corrected chi connectivity index (χ2v) is 8.69. The molecule has 1 saturated heterocycles. The molecule has 0 aromatic heterocycles. The van der Waals surface area contributed by atoms with E-state index in [0.717, 1.165) is 57.8 Å². The van der Waals surface area contributed by atoms with Gasteiger partial charge in [-0.2, -0.15) is 0 Å². The molecule has 8 nitrogen and oxygen atoms in total. The Bertz CT molecular complexity index is 579. The second-order valence-electron chi connectivity index (χ2n) is 8.69.